The second-order valence-corrected chi connectivity index (χ2v) is 3.61. The molecule has 1 fully saturated rings. The number of carbonyl (C=O) groups is 3. The van der Waals surface area contributed by atoms with Crippen LogP contribution < -0.4 is 0 Å². The molecule has 1 heterocycles. The number of amides is 1. The van der Waals surface area contributed by atoms with Crippen molar-refractivity contribution in [2.45, 2.75) is 12.5 Å². The molecule has 0 saturated carbocycles. The molecule has 0 aromatic heterocycles. The van der Waals surface area contributed by atoms with E-state index in [1.807, 2.05) is 0 Å². The second-order valence-electron chi connectivity index (χ2n) is 3.61. The van der Waals surface area contributed by atoms with Gasteiger partial charge in [-0.05, 0) is 6.42 Å². The minimum Gasteiger partial charge on any atom is -0.481 e. The lowest BCUT2D eigenvalue weighted by atomic mass is 9.90. The summed E-state index contributed by atoms with van der Waals surface area (Å²) < 4.78 is 4.82. The quantitative estimate of drug-likeness (QED) is 0.643. The van der Waals surface area contributed by atoms with E-state index in [0.29, 0.717) is 0 Å². The van der Waals surface area contributed by atoms with E-state index in [4.69, 9.17) is 14.9 Å². The Bertz CT molecular complexity index is 315. The molecule has 7 heteroatoms. The number of nitrogens with zero attached hydrogens (tertiary/aromatic N) is 1. The Morgan fingerprint density at radius 1 is 1.50 bits per heavy atom. The highest BCUT2D eigenvalue weighted by Crippen LogP contribution is 2.21. The van der Waals surface area contributed by atoms with E-state index in [9.17, 15) is 14.4 Å². The van der Waals surface area contributed by atoms with Crippen LogP contribution in [0.4, 0.5) is 4.79 Å². The summed E-state index contributed by atoms with van der Waals surface area (Å²) in [6.45, 7) is -0.302. The largest absolute Gasteiger partial charge is 0.481 e. The van der Waals surface area contributed by atoms with Gasteiger partial charge in [0.2, 0.25) is 0 Å². The lowest BCUT2D eigenvalue weighted by Crippen LogP contribution is -2.53. The maximum absolute atomic E-state index is 11.4. The van der Waals surface area contributed by atoms with Crippen LogP contribution >= 0.6 is 0 Å². The minimum absolute atomic E-state index is 0.0334. The lowest BCUT2D eigenvalue weighted by Gasteiger charge is -2.34. The summed E-state index contributed by atoms with van der Waals surface area (Å²) in [5.41, 5.74) is 0. The van der Waals surface area contributed by atoms with E-state index in [-0.39, 0.29) is 19.6 Å². The Morgan fingerprint density at radius 2 is 2.12 bits per heavy atom. The molecular formula is C9H13NO6. The Labute approximate surface area is 91.6 Å². The lowest BCUT2D eigenvalue weighted by molar-refractivity contribution is -0.150. The molecule has 1 unspecified atom stereocenters. The van der Waals surface area contributed by atoms with Crippen LogP contribution in [0.2, 0.25) is 0 Å². The van der Waals surface area contributed by atoms with E-state index in [2.05, 4.69) is 0 Å². The summed E-state index contributed by atoms with van der Waals surface area (Å²) in [6.07, 6.45) is -1.27. The standard InChI is InChI=1S/C9H13NO6/c1-16-4-5-2-6(8(12)13)7(11)3-10(5)9(14)15/h5-6H,2-4H2,1H3,(H,12,13)(H,14,15)/t5-,6?/m0/s1. The van der Waals surface area contributed by atoms with E-state index < -0.39 is 29.8 Å². The molecule has 1 rings (SSSR count). The molecule has 16 heavy (non-hydrogen) atoms. The summed E-state index contributed by atoms with van der Waals surface area (Å²) >= 11 is 0. The van der Waals surface area contributed by atoms with Crippen molar-refractivity contribution in [1.82, 2.24) is 4.90 Å². The van der Waals surface area contributed by atoms with E-state index in [1.54, 1.807) is 0 Å². The van der Waals surface area contributed by atoms with Crippen LogP contribution in [0.3, 0.4) is 0 Å². The molecule has 0 aromatic rings. The number of ether oxygens (including phenoxy) is 1. The fourth-order valence-electron chi connectivity index (χ4n) is 1.75. The van der Waals surface area contributed by atoms with Crippen molar-refractivity contribution in [2.24, 2.45) is 5.92 Å². The Kier molecular flexibility index (Phi) is 3.83. The third kappa shape index (κ3) is 2.48. The second kappa shape index (κ2) is 4.93. The Hall–Kier alpha value is -1.63. The molecule has 90 valence electrons. The molecule has 0 spiro atoms. The molecular weight excluding hydrogens is 218 g/mol. The highest BCUT2D eigenvalue weighted by Gasteiger charge is 2.40. The highest BCUT2D eigenvalue weighted by atomic mass is 16.5. The number of carbonyl (C=O) groups excluding carboxylic acids is 1. The van der Waals surface area contributed by atoms with Crippen LogP contribution in [0, 0.1) is 5.92 Å². The molecule has 2 atom stereocenters. The van der Waals surface area contributed by atoms with Crippen molar-refractivity contribution in [3.05, 3.63) is 0 Å². The summed E-state index contributed by atoms with van der Waals surface area (Å²) in [6, 6.07) is -0.582. The van der Waals surface area contributed by atoms with E-state index in [0.717, 1.165) is 4.90 Å². The number of likely N-dealkylation sites (tertiary alicyclic amines) is 1. The van der Waals surface area contributed by atoms with Crippen molar-refractivity contribution in [2.75, 3.05) is 20.3 Å². The Morgan fingerprint density at radius 3 is 2.56 bits per heavy atom. The average molecular weight is 231 g/mol. The number of ketones is 1. The fourth-order valence-corrected chi connectivity index (χ4v) is 1.75. The van der Waals surface area contributed by atoms with E-state index >= 15 is 0 Å². The van der Waals surface area contributed by atoms with Gasteiger partial charge in [0, 0.05) is 7.11 Å². The topological polar surface area (TPSA) is 104 Å². The van der Waals surface area contributed by atoms with Gasteiger partial charge < -0.3 is 14.9 Å². The number of hydrogen-bond donors (Lipinski definition) is 2. The molecule has 0 bridgehead atoms. The number of rotatable bonds is 3. The Balaban J connectivity index is 2.81. The van der Waals surface area contributed by atoms with Gasteiger partial charge in [-0.25, -0.2) is 4.79 Å². The SMILES string of the molecule is COC[C@@H]1CC(C(=O)O)C(=O)CN1C(=O)O. The number of hydrogen-bond acceptors (Lipinski definition) is 4. The maximum Gasteiger partial charge on any atom is 0.408 e. The van der Waals surface area contributed by atoms with Gasteiger partial charge in [-0.1, -0.05) is 0 Å². The van der Waals surface area contributed by atoms with Crippen molar-refractivity contribution in [3.63, 3.8) is 0 Å². The van der Waals surface area contributed by atoms with Crippen LogP contribution in [-0.2, 0) is 14.3 Å². The molecule has 1 amide bonds. The molecule has 1 saturated heterocycles. The van der Waals surface area contributed by atoms with Gasteiger partial charge in [-0.15, -0.1) is 0 Å². The number of aliphatic carboxylic acids is 1. The number of carboxylic acid groups (broad SMARTS) is 2. The summed E-state index contributed by atoms with van der Waals surface area (Å²) in [4.78, 5) is 33.9. The van der Waals surface area contributed by atoms with Crippen LogP contribution in [-0.4, -0.2) is 59.3 Å². The number of Topliss-reactive ketones (excluding diaryl/α,β-unsaturated/α-hetero) is 1. The zero-order valence-electron chi connectivity index (χ0n) is 8.75. The first-order valence-corrected chi connectivity index (χ1v) is 4.71. The van der Waals surface area contributed by atoms with Crippen molar-refractivity contribution in [3.8, 4) is 0 Å². The number of methoxy groups -OCH3 is 1. The predicted molar refractivity (Wildman–Crippen MR) is 51.1 cm³/mol. The van der Waals surface area contributed by atoms with Crippen LogP contribution in [0.1, 0.15) is 6.42 Å². The maximum atomic E-state index is 11.4. The minimum atomic E-state index is -1.24. The van der Waals surface area contributed by atoms with Crippen LogP contribution in [0.15, 0.2) is 0 Å². The number of carboxylic acids is 1. The molecule has 7 nitrogen and oxygen atoms in total. The van der Waals surface area contributed by atoms with E-state index in [1.165, 1.54) is 7.11 Å². The normalized spacial score (nSPS) is 25.6. The molecule has 1 aliphatic rings. The first-order chi connectivity index (χ1) is 7.47. The smallest absolute Gasteiger partial charge is 0.408 e. The van der Waals surface area contributed by atoms with Crippen LogP contribution in [0.5, 0.6) is 0 Å². The molecule has 2 N–H and O–H groups in total. The third-order valence-corrected chi connectivity index (χ3v) is 2.57. The third-order valence-electron chi connectivity index (χ3n) is 2.57. The van der Waals surface area contributed by atoms with Gasteiger partial charge in [0.05, 0.1) is 19.2 Å². The van der Waals surface area contributed by atoms with Crippen LogP contribution in [0.25, 0.3) is 0 Å². The van der Waals surface area contributed by atoms with Crippen molar-refractivity contribution >= 4 is 17.8 Å². The molecule has 0 radical (unpaired) electrons. The first kappa shape index (κ1) is 12.4. The van der Waals surface area contributed by atoms with Gasteiger partial charge in [-0.3, -0.25) is 14.5 Å². The molecule has 1 aliphatic heterocycles. The summed E-state index contributed by atoms with van der Waals surface area (Å²) in [5.74, 6) is -2.92. The van der Waals surface area contributed by atoms with Crippen molar-refractivity contribution < 1.29 is 29.3 Å². The van der Waals surface area contributed by atoms with Gasteiger partial charge >= 0.3 is 12.1 Å². The molecule has 0 aromatic carbocycles. The molecule has 0 aliphatic carbocycles. The van der Waals surface area contributed by atoms with Gasteiger partial charge in [0.15, 0.2) is 5.78 Å². The summed E-state index contributed by atoms with van der Waals surface area (Å²) in [5, 5.41) is 17.6. The monoisotopic (exact) mass is 231 g/mol. The zero-order chi connectivity index (χ0) is 12.3. The van der Waals surface area contributed by atoms with Gasteiger partial charge in [-0.2, -0.15) is 0 Å². The number of piperidine rings is 1. The first-order valence-electron chi connectivity index (χ1n) is 4.71. The predicted octanol–water partition coefficient (Wildman–Crippen LogP) is -0.345. The summed E-state index contributed by atoms with van der Waals surface area (Å²) in [7, 11) is 1.40. The average Bonchev–Trinajstić information content (AvgIpc) is 2.19. The van der Waals surface area contributed by atoms with Crippen molar-refractivity contribution in [1.29, 1.82) is 0 Å². The van der Waals surface area contributed by atoms with Gasteiger partial charge in [0.1, 0.15) is 5.92 Å². The van der Waals surface area contributed by atoms with Gasteiger partial charge in [0.25, 0.3) is 0 Å². The highest BCUT2D eigenvalue weighted by molar-refractivity contribution is 6.01. The fraction of sp³-hybridized carbons (Fsp3) is 0.667. The zero-order valence-corrected chi connectivity index (χ0v) is 8.75.